The first kappa shape index (κ1) is 18.9. The highest BCUT2D eigenvalue weighted by molar-refractivity contribution is 7.86. The fourth-order valence-electron chi connectivity index (χ4n) is 5.19. The van der Waals surface area contributed by atoms with Crippen LogP contribution in [0.5, 0.6) is 0 Å². The summed E-state index contributed by atoms with van der Waals surface area (Å²) in [5.41, 5.74) is -1.78. The summed E-state index contributed by atoms with van der Waals surface area (Å²) in [6.45, 7) is -0.749. The van der Waals surface area contributed by atoms with E-state index in [1.165, 1.54) is 0 Å². The van der Waals surface area contributed by atoms with E-state index in [2.05, 4.69) is 0 Å². The molecule has 4 bridgehead atoms. The summed E-state index contributed by atoms with van der Waals surface area (Å²) in [6.07, 6.45) is -0.773. The molecule has 0 aliphatic heterocycles. The highest BCUT2D eigenvalue weighted by Crippen LogP contribution is 2.62. The molecule has 10 heteroatoms. The number of carbonyl (C=O) groups excluding carboxylic acids is 1. The number of halogens is 3. The molecule has 0 radical (unpaired) electrons. The van der Waals surface area contributed by atoms with Crippen LogP contribution >= 0.6 is 0 Å². The van der Waals surface area contributed by atoms with Gasteiger partial charge in [-0.3, -0.25) is 4.79 Å². The molecule has 1 N–H and O–H groups in total. The van der Waals surface area contributed by atoms with Gasteiger partial charge in [0.2, 0.25) is 0 Å². The minimum atomic E-state index is -6.13. The third-order valence-electron chi connectivity index (χ3n) is 5.77. The van der Waals surface area contributed by atoms with Crippen molar-refractivity contribution in [1.82, 2.24) is 0 Å². The SMILES string of the molecule is O=C(OCCC(F)C(F)(F)S(=O)(=O)[O-])C12CC3CC(CC(O)(C3)C1)C2. The van der Waals surface area contributed by atoms with Crippen LogP contribution in [-0.2, 0) is 19.6 Å². The predicted octanol–water partition coefficient (Wildman–Crippen LogP) is 1.73. The maximum absolute atomic E-state index is 13.4. The van der Waals surface area contributed by atoms with E-state index in [0.717, 1.165) is 6.42 Å². The molecule has 144 valence electrons. The molecule has 3 atom stereocenters. The Morgan fingerprint density at radius 2 is 1.84 bits per heavy atom. The van der Waals surface area contributed by atoms with Crippen molar-refractivity contribution < 1.29 is 40.8 Å². The molecule has 4 aliphatic carbocycles. The molecule has 0 heterocycles. The third-order valence-corrected chi connectivity index (χ3v) is 6.69. The molecule has 4 aliphatic rings. The molecular weight excluding hydrogens is 365 g/mol. The standard InChI is InChI=1S/C15H21F3O6S/c16-11(15(17,18)25(21,22)23)1-2-24-12(19)13-4-9-3-10(5-13)7-14(20,6-9)8-13/h9-11,20H,1-8H2,(H,21,22,23)/p-1. The monoisotopic (exact) mass is 385 g/mol. The van der Waals surface area contributed by atoms with Gasteiger partial charge in [0.25, 0.3) is 0 Å². The van der Waals surface area contributed by atoms with Crippen LogP contribution in [0.4, 0.5) is 13.2 Å². The lowest BCUT2D eigenvalue weighted by molar-refractivity contribution is -0.196. The average Bonchev–Trinajstić information content (AvgIpc) is 2.42. The van der Waals surface area contributed by atoms with E-state index >= 15 is 0 Å². The largest absolute Gasteiger partial charge is 0.743 e. The zero-order valence-electron chi connectivity index (χ0n) is 13.4. The average molecular weight is 385 g/mol. The van der Waals surface area contributed by atoms with Gasteiger partial charge in [0.1, 0.15) is 0 Å². The quantitative estimate of drug-likeness (QED) is 0.552. The number of carbonyl (C=O) groups is 1. The van der Waals surface area contributed by atoms with Gasteiger partial charge in [0, 0.05) is 6.42 Å². The van der Waals surface area contributed by atoms with E-state index in [1.807, 2.05) is 0 Å². The topological polar surface area (TPSA) is 104 Å². The molecule has 4 fully saturated rings. The van der Waals surface area contributed by atoms with E-state index in [0.29, 0.717) is 25.7 Å². The first-order chi connectivity index (χ1) is 11.4. The second kappa shape index (κ2) is 5.82. The zero-order chi connectivity index (χ0) is 18.7. The van der Waals surface area contributed by atoms with Crippen LogP contribution in [0.25, 0.3) is 0 Å². The molecule has 3 unspecified atom stereocenters. The number of hydrogen-bond donors (Lipinski definition) is 1. The van der Waals surface area contributed by atoms with Crippen LogP contribution in [0, 0.1) is 17.3 Å². The van der Waals surface area contributed by atoms with Crippen molar-refractivity contribution >= 4 is 16.1 Å². The van der Waals surface area contributed by atoms with E-state index in [9.17, 15) is 36.0 Å². The van der Waals surface area contributed by atoms with E-state index in [4.69, 9.17) is 4.74 Å². The first-order valence-corrected chi connectivity index (χ1v) is 9.65. The van der Waals surface area contributed by atoms with Gasteiger partial charge in [-0.2, -0.15) is 8.78 Å². The second-order valence-electron chi connectivity index (χ2n) is 7.87. The minimum absolute atomic E-state index is 0.211. The van der Waals surface area contributed by atoms with Crippen LogP contribution in [0.2, 0.25) is 0 Å². The Bertz CT molecular complexity index is 650. The van der Waals surface area contributed by atoms with Crippen molar-refractivity contribution in [1.29, 1.82) is 0 Å². The van der Waals surface area contributed by atoms with E-state index < -0.39 is 51.6 Å². The summed E-state index contributed by atoms with van der Waals surface area (Å²) in [5.74, 6) is -0.245. The van der Waals surface area contributed by atoms with Crippen LogP contribution in [0.1, 0.15) is 44.9 Å². The lowest BCUT2D eigenvalue weighted by atomic mass is 9.48. The molecule has 4 rings (SSSR count). The number of alkyl halides is 3. The fourth-order valence-corrected chi connectivity index (χ4v) is 5.62. The lowest BCUT2D eigenvalue weighted by Gasteiger charge is -2.58. The fraction of sp³-hybridized carbons (Fsp3) is 0.933. The van der Waals surface area contributed by atoms with Gasteiger partial charge in [0.15, 0.2) is 16.3 Å². The Balaban J connectivity index is 1.59. The number of esters is 1. The Hall–Kier alpha value is -0.870. The van der Waals surface area contributed by atoms with Crippen LogP contribution < -0.4 is 0 Å². The highest BCUT2D eigenvalue weighted by atomic mass is 32.2. The molecule has 0 aromatic heterocycles. The number of ether oxygens (including phenoxy) is 1. The van der Waals surface area contributed by atoms with Crippen LogP contribution in [0.15, 0.2) is 0 Å². The highest BCUT2D eigenvalue weighted by Gasteiger charge is 2.61. The summed E-state index contributed by atoms with van der Waals surface area (Å²) in [4.78, 5) is 12.4. The van der Waals surface area contributed by atoms with E-state index in [-0.39, 0.29) is 18.3 Å². The maximum atomic E-state index is 13.4. The zero-order valence-corrected chi connectivity index (χ0v) is 14.2. The molecule has 6 nitrogen and oxygen atoms in total. The van der Waals surface area contributed by atoms with Gasteiger partial charge in [-0.15, -0.1) is 0 Å². The molecule has 4 saturated carbocycles. The Morgan fingerprint density at radius 1 is 1.28 bits per heavy atom. The van der Waals surface area contributed by atoms with Gasteiger partial charge in [-0.25, -0.2) is 12.8 Å². The maximum Gasteiger partial charge on any atom is 0.364 e. The van der Waals surface area contributed by atoms with Crippen molar-refractivity contribution in [2.75, 3.05) is 6.61 Å². The minimum Gasteiger partial charge on any atom is -0.743 e. The smallest absolute Gasteiger partial charge is 0.364 e. The Labute approximate surface area is 143 Å². The van der Waals surface area contributed by atoms with Gasteiger partial charge < -0.3 is 14.4 Å². The van der Waals surface area contributed by atoms with Crippen molar-refractivity contribution in [3.05, 3.63) is 0 Å². The van der Waals surface area contributed by atoms with Crippen LogP contribution in [0.3, 0.4) is 0 Å². The second-order valence-corrected chi connectivity index (χ2v) is 9.33. The summed E-state index contributed by atoms with van der Waals surface area (Å²) < 4.78 is 75.6. The Kier molecular flexibility index (Phi) is 4.40. The van der Waals surface area contributed by atoms with Crippen LogP contribution in [-0.4, -0.2) is 47.7 Å². The predicted molar refractivity (Wildman–Crippen MR) is 77.2 cm³/mol. The lowest BCUT2D eigenvalue weighted by Crippen LogP contribution is -2.58. The van der Waals surface area contributed by atoms with Gasteiger partial charge in [-0.05, 0) is 50.4 Å². The van der Waals surface area contributed by atoms with Crippen molar-refractivity contribution in [2.24, 2.45) is 17.3 Å². The summed E-state index contributed by atoms with van der Waals surface area (Å²) >= 11 is 0. The van der Waals surface area contributed by atoms with Gasteiger partial charge in [-0.1, -0.05) is 0 Å². The number of rotatable bonds is 6. The summed E-state index contributed by atoms with van der Waals surface area (Å²) in [7, 11) is -6.13. The molecule has 25 heavy (non-hydrogen) atoms. The third kappa shape index (κ3) is 3.28. The molecule has 0 spiro atoms. The van der Waals surface area contributed by atoms with Crippen molar-refractivity contribution in [3.8, 4) is 0 Å². The normalized spacial score (nSPS) is 38.6. The number of hydrogen-bond acceptors (Lipinski definition) is 6. The molecular formula is C15H20F3O6S-. The van der Waals surface area contributed by atoms with E-state index in [1.54, 1.807) is 0 Å². The van der Waals surface area contributed by atoms with Gasteiger partial charge in [0.05, 0.1) is 17.6 Å². The molecule has 0 aromatic rings. The number of aliphatic hydroxyl groups is 1. The van der Waals surface area contributed by atoms with Crippen molar-refractivity contribution in [2.45, 2.75) is 62.0 Å². The summed E-state index contributed by atoms with van der Waals surface area (Å²) in [6, 6.07) is 0. The summed E-state index contributed by atoms with van der Waals surface area (Å²) in [5, 5.41) is 5.50. The molecule has 0 aromatic carbocycles. The van der Waals surface area contributed by atoms with Crippen molar-refractivity contribution in [3.63, 3.8) is 0 Å². The Morgan fingerprint density at radius 3 is 2.32 bits per heavy atom. The molecule has 0 saturated heterocycles. The molecule has 0 amide bonds. The first-order valence-electron chi connectivity index (χ1n) is 8.24. The van der Waals surface area contributed by atoms with Gasteiger partial charge >= 0.3 is 11.2 Å².